The maximum absolute atomic E-state index is 12.8. The minimum Gasteiger partial charge on any atom is -0.406 e. The van der Waals surface area contributed by atoms with E-state index in [-0.39, 0.29) is 18.2 Å². The van der Waals surface area contributed by atoms with Crippen LogP contribution in [0, 0.1) is 0 Å². The van der Waals surface area contributed by atoms with E-state index in [2.05, 4.69) is 25.7 Å². The first-order valence-electron chi connectivity index (χ1n) is 9.59. The molecule has 1 amide bonds. The van der Waals surface area contributed by atoms with Crippen molar-refractivity contribution in [1.82, 2.24) is 10.3 Å². The van der Waals surface area contributed by atoms with Gasteiger partial charge in [0.05, 0.1) is 5.69 Å². The Morgan fingerprint density at radius 3 is 2.58 bits per heavy atom. The molecule has 0 bridgehead atoms. The molecule has 3 aromatic rings. The first-order chi connectivity index (χ1) is 14.9. The number of amides is 1. The van der Waals surface area contributed by atoms with Gasteiger partial charge in [-0.25, -0.2) is 4.98 Å². The fourth-order valence-electron chi connectivity index (χ4n) is 3.29. The molecular weight excluding hydrogens is 409 g/mol. The molecule has 9 heteroatoms. The normalized spacial score (nSPS) is 12.9. The van der Waals surface area contributed by atoms with Crippen molar-refractivity contribution in [2.75, 3.05) is 23.7 Å². The van der Waals surface area contributed by atoms with Crippen LogP contribution in [0.2, 0.25) is 0 Å². The smallest absolute Gasteiger partial charge is 0.406 e. The summed E-state index contributed by atoms with van der Waals surface area (Å²) in [6, 6.07) is 14.5. The number of nitrogens with zero attached hydrogens (tertiary/aromatic N) is 1. The zero-order valence-electron chi connectivity index (χ0n) is 16.3. The molecule has 0 fully saturated rings. The molecule has 3 N–H and O–H groups in total. The Morgan fingerprint density at radius 1 is 1.06 bits per heavy atom. The van der Waals surface area contributed by atoms with Crippen LogP contribution >= 0.6 is 0 Å². The number of benzene rings is 2. The second-order valence-electron chi connectivity index (χ2n) is 6.89. The summed E-state index contributed by atoms with van der Waals surface area (Å²) in [6.07, 6.45) is -3.03. The second kappa shape index (κ2) is 8.55. The molecule has 1 aromatic heterocycles. The minimum atomic E-state index is -4.74. The standard InChI is InChI=1S/C22H19F3N4O2/c23-22(24,25)31-16-7-5-14(6-8-16)12-29-21(30)18-4-2-1-3-17(18)15-11-19-20(28-13-15)27-10-9-26-19/h1-8,11,13,26H,9-10,12H2,(H,27,28)(H,29,30). The molecule has 0 atom stereocenters. The molecule has 1 aliphatic rings. The molecule has 2 aromatic carbocycles. The average Bonchev–Trinajstić information content (AvgIpc) is 2.77. The van der Waals surface area contributed by atoms with Crippen molar-refractivity contribution >= 4 is 17.4 Å². The quantitative estimate of drug-likeness (QED) is 0.561. The van der Waals surface area contributed by atoms with Crippen LogP contribution in [-0.4, -0.2) is 30.3 Å². The van der Waals surface area contributed by atoms with Crippen LogP contribution in [0.1, 0.15) is 15.9 Å². The van der Waals surface area contributed by atoms with Crippen LogP contribution in [0.15, 0.2) is 60.8 Å². The number of aromatic nitrogens is 1. The predicted molar refractivity (Wildman–Crippen MR) is 111 cm³/mol. The first kappa shape index (κ1) is 20.5. The summed E-state index contributed by atoms with van der Waals surface area (Å²) in [5.41, 5.74) is 3.53. The number of pyridine rings is 1. The highest BCUT2D eigenvalue weighted by atomic mass is 19.4. The summed E-state index contributed by atoms with van der Waals surface area (Å²) < 4.78 is 40.6. The molecule has 0 aliphatic carbocycles. The summed E-state index contributed by atoms with van der Waals surface area (Å²) in [5.74, 6) is 0.167. The molecule has 0 saturated carbocycles. The third-order valence-corrected chi connectivity index (χ3v) is 4.71. The number of alkyl halides is 3. The lowest BCUT2D eigenvalue weighted by Gasteiger charge is -2.20. The van der Waals surface area contributed by atoms with Crippen molar-refractivity contribution < 1.29 is 22.7 Å². The third kappa shape index (κ3) is 5.06. The Hall–Kier alpha value is -3.75. The van der Waals surface area contributed by atoms with E-state index < -0.39 is 6.36 Å². The third-order valence-electron chi connectivity index (χ3n) is 4.71. The number of nitrogens with one attached hydrogen (secondary N) is 3. The van der Waals surface area contributed by atoms with Crippen molar-refractivity contribution in [3.05, 3.63) is 71.9 Å². The summed E-state index contributed by atoms with van der Waals surface area (Å²) in [6.45, 7) is 1.74. The molecule has 160 valence electrons. The van der Waals surface area contributed by atoms with Gasteiger partial charge in [-0.1, -0.05) is 30.3 Å². The van der Waals surface area contributed by atoms with E-state index in [1.807, 2.05) is 18.2 Å². The predicted octanol–water partition coefficient (Wildman–Crippen LogP) is 4.41. The molecule has 31 heavy (non-hydrogen) atoms. The summed E-state index contributed by atoms with van der Waals surface area (Å²) in [4.78, 5) is 17.2. The Morgan fingerprint density at radius 2 is 1.81 bits per heavy atom. The molecule has 4 rings (SSSR count). The van der Waals surface area contributed by atoms with E-state index in [1.165, 1.54) is 24.3 Å². The number of halogens is 3. The van der Waals surface area contributed by atoms with Gasteiger partial charge in [0.25, 0.3) is 5.91 Å². The molecule has 0 radical (unpaired) electrons. The lowest BCUT2D eigenvalue weighted by atomic mass is 10.00. The number of hydrogen-bond acceptors (Lipinski definition) is 5. The second-order valence-corrected chi connectivity index (χ2v) is 6.89. The van der Waals surface area contributed by atoms with Gasteiger partial charge in [-0.15, -0.1) is 13.2 Å². The van der Waals surface area contributed by atoms with E-state index in [0.29, 0.717) is 11.1 Å². The van der Waals surface area contributed by atoms with Gasteiger partial charge in [0, 0.05) is 37.0 Å². The molecule has 6 nitrogen and oxygen atoms in total. The van der Waals surface area contributed by atoms with Crippen molar-refractivity contribution in [3.8, 4) is 16.9 Å². The summed E-state index contributed by atoms with van der Waals surface area (Å²) in [5, 5.41) is 9.29. The SMILES string of the molecule is O=C(NCc1ccc(OC(F)(F)F)cc1)c1ccccc1-c1cnc2c(c1)NCCN2. The van der Waals surface area contributed by atoms with Gasteiger partial charge in [0.15, 0.2) is 0 Å². The Kier molecular flexibility index (Phi) is 5.66. The number of carbonyl (C=O) groups excluding carboxylic acids is 1. The van der Waals surface area contributed by atoms with Gasteiger partial charge in [0.2, 0.25) is 0 Å². The van der Waals surface area contributed by atoms with Crippen molar-refractivity contribution in [3.63, 3.8) is 0 Å². The zero-order valence-corrected chi connectivity index (χ0v) is 16.3. The molecule has 1 aliphatic heterocycles. The van der Waals surface area contributed by atoms with E-state index in [1.54, 1.807) is 18.3 Å². The van der Waals surface area contributed by atoms with Crippen molar-refractivity contribution in [1.29, 1.82) is 0 Å². The number of anilines is 2. The van der Waals surface area contributed by atoms with E-state index in [9.17, 15) is 18.0 Å². The lowest BCUT2D eigenvalue weighted by molar-refractivity contribution is -0.274. The fourth-order valence-corrected chi connectivity index (χ4v) is 3.29. The van der Waals surface area contributed by atoms with Gasteiger partial charge in [-0.05, 0) is 35.4 Å². The Labute approximate surface area is 176 Å². The van der Waals surface area contributed by atoms with Crippen LogP contribution in [-0.2, 0) is 6.54 Å². The average molecular weight is 428 g/mol. The molecule has 0 saturated heterocycles. The number of fused-ring (bicyclic) bond motifs is 1. The topological polar surface area (TPSA) is 75.3 Å². The van der Waals surface area contributed by atoms with Crippen LogP contribution in [0.25, 0.3) is 11.1 Å². The summed E-state index contributed by atoms with van der Waals surface area (Å²) >= 11 is 0. The van der Waals surface area contributed by atoms with Crippen LogP contribution < -0.4 is 20.7 Å². The minimum absolute atomic E-state index is 0.160. The van der Waals surface area contributed by atoms with Gasteiger partial charge >= 0.3 is 6.36 Å². The highest BCUT2D eigenvalue weighted by Gasteiger charge is 2.30. The Bertz CT molecular complexity index is 1080. The number of ether oxygens (including phenoxy) is 1. The van der Waals surface area contributed by atoms with Crippen LogP contribution in [0.5, 0.6) is 5.75 Å². The fraction of sp³-hybridized carbons (Fsp3) is 0.182. The van der Waals surface area contributed by atoms with Gasteiger partial charge < -0.3 is 20.7 Å². The Balaban J connectivity index is 1.47. The van der Waals surface area contributed by atoms with E-state index >= 15 is 0 Å². The number of hydrogen-bond donors (Lipinski definition) is 3. The summed E-state index contributed by atoms with van der Waals surface area (Å²) in [7, 11) is 0. The van der Waals surface area contributed by atoms with Gasteiger partial charge in [-0.2, -0.15) is 0 Å². The maximum atomic E-state index is 12.8. The zero-order chi connectivity index (χ0) is 21.8. The van der Waals surface area contributed by atoms with Crippen LogP contribution in [0.4, 0.5) is 24.7 Å². The molecular formula is C22H19F3N4O2. The van der Waals surface area contributed by atoms with E-state index in [4.69, 9.17) is 0 Å². The molecule has 0 spiro atoms. The first-order valence-corrected chi connectivity index (χ1v) is 9.59. The van der Waals surface area contributed by atoms with Crippen molar-refractivity contribution in [2.45, 2.75) is 12.9 Å². The molecule has 0 unspecified atom stereocenters. The highest BCUT2D eigenvalue weighted by molar-refractivity contribution is 6.01. The van der Waals surface area contributed by atoms with Crippen molar-refractivity contribution in [2.24, 2.45) is 0 Å². The van der Waals surface area contributed by atoms with Gasteiger partial charge in [0.1, 0.15) is 11.6 Å². The number of carbonyl (C=O) groups is 1. The highest BCUT2D eigenvalue weighted by Crippen LogP contribution is 2.30. The lowest BCUT2D eigenvalue weighted by Crippen LogP contribution is -2.23. The number of rotatable bonds is 5. The monoisotopic (exact) mass is 428 g/mol. The maximum Gasteiger partial charge on any atom is 0.573 e. The van der Waals surface area contributed by atoms with E-state index in [0.717, 1.165) is 35.7 Å². The van der Waals surface area contributed by atoms with Gasteiger partial charge in [-0.3, -0.25) is 4.79 Å². The largest absolute Gasteiger partial charge is 0.573 e. The van der Waals surface area contributed by atoms with Crippen LogP contribution in [0.3, 0.4) is 0 Å². The molecule has 2 heterocycles.